The monoisotopic (exact) mass is 455 g/mol. The van der Waals surface area contributed by atoms with E-state index in [9.17, 15) is 19.2 Å². The highest BCUT2D eigenvalue weighted by Gasteiger charge is 2.46. The molecule has 11 nitrogen and oxygen atoms in total. The maximum Gasteiger partial charge on any atom is 0.513 e. The molecule has 11 heteroatoms. The summed E-state index contributed by atoms with van der Waals surface area (Å²) < 4.78 is 29.9. The molecule has 1 aromatic rings. The number of nitrogens with two attached hydrogens (primary N) is 1. The van der Waals surface area contributed by atoms with Gasteiger partial charge in [0.1, 0.15) is 0 Å². The van der Waals surface area contributed by atoms with Crippen molar-refractivity contribution in [3.05, 3.63) is 23.8 Å². The number of ether oxygens (including phenoxy) is 6. The quantitative estimate of drug-likeness (QED) is 0.240. The second-order valence-corrected chi connectivity index (χ2v) is 6.52. The zero-order valence-electron chi connectivity index (χ0n) is 18.8. The normalized spacial score (nSPS) is 13.2. The SMILES string of the molecule is CCCOC(=O)[C@](N)(OC(C)=O)C(C)c1ccc(OC(=O)OCC)c(OC(=O)OCC)c1. The Morgan fingerprint density at radius 1 is 0.938 bits per heavy atom. The minimum atomic E-state index is -2.16. The number of hydrogen-bond donors (Lipinski definition) is 1. The molecule has 0 aromatic heterocycles. The predicted octanol–water partition coefficient (Wildman–Crippen LogP) is 3.03. The lowest BCUT2D eigenvalue weighted by Gasteiger charge is -2.32. The largest absolute Gasteiger partial charge is 0.513 e. The molecule has 2 N–H and O–H groups in total. The third kappa shape index (κ3) is 7.41. The van der Waals surface area contributed by atoms with Crippen LogP contribution >= 0.6 is 0 Å². The van der Waals surface area contributed by atoms with Crippen LogP contribution in [0.25, 0.3) is 0 Å². The molecule has 1 aromatic carbocycles. The van der Waals surface area contributed by atoms with E-state index < -0.39 is 35.9 Å². The Morgan fingerprint density at radius 2 is 1.50 bits per heavy atom. The molecule has 0 amide bonds. The molecule has 0 saturated heterocycles. The fourth-order valence-electron chi connectivity index (χ4n) is 2.53. The van der Waals surface area contributed by atoms with Gasteiger partial charge in [-0.1, -0.05) is 19.9 Å². The Morgan fingerprint density at radius 3 is 2.00 bits per heavy atom. The van der Waals surface area contributed by atoms with Crippen molar-refractivity contribution in [2.45, 2.75) is 52.7 Å². The van der Waals surface area contributed by atoms with Gasteiger partial charge in [-0.3, -0.25) is 10.5 Å². The number of rotatable bonds is 10. The Kier molecular flexibility index (Phi) is 10.4. The molecule has 0 saturated carbocycles. The van der Waals surface area contributed by atoms with E-state index in [1.807, 2.05) is 0 Å². The van der Waals surface area contributed by atoms with Gasteiger partial charge in [-0.05, 0) is 38.0 Å². The van der Waals surface area contributed by atoms with E-state index in [1.54, 1.807) is 20.8 Å². The van der Waals surface area contributed by atoms with Crippen LogP contribution in [0, 0.1) is 0 Å². The molecule has 32 heavy (non-hydrogen) atoms. The lowest BCUT2D eigenvalue weighted by Crippen LogP contribution is -2.56. The van der Waals surface area contributed by atoms with Gasteiger partial charge in [-0.15, -0.1) is 0 Å². The number of esters is 2. The molecule has 0 aliphatic rings. The molecule has 1 unspecified atom stereocenters. The van der Waals surface area contributed by atoms with Crippen molar-refractivity contribution in [1.29, 1.82) is 0 Å². The van der Waals surface area contributed by atoms with Crippen molar-refractivity contribution in [3.63, 3.8) is 0 Å². The third-order valence-electron chi connectivity index (χ3n) is 4.09. The smallest absolute Gasteiger partial charge is 0.462 e. The first-order valence-electron chi connectivity index (χ1n) is 10.1. The first-order valence-corrected chi connectivity index (χ1v) is 10.1. The first kappa shape index (κ1) is 26.7. The van der Waals surface area contributed by atoms with E-state index in [1.165, 1.54) is 25.1 Å². The number of hydrogen-bond acceptors (Lipinski definition) is 11. The Bertz CT molecular complexity index is 825. The molecular weight excluding hydrogens is 426 g/mol. The summed E-state index contributed by atoms with van der Waals surface area (Å²) in [4.78, 5) is 47.8. The summed E-state index contributed by atoms with van der Waals surface area (Å²) in [6.07, 6.45) is -1.53. The van der Waals surface area contributed by atoms with E-state index in [2.05, 4.69) is 0 Å². The standard InChI is InChI=1S/C21H29NO10/c1-6-11-29-18(24)21(22,32-14(5)23)13(4)15-9-10-16(30-19(25)27-7-2)17(12-15)31-20(26)28-8-3/h9-10,12-13H,6-8,11,22H2,1-5H3/t13?,21-/m1/s1. The summed E-state index contributed by atoms with van der Waals surface area (Å²) in [6, 6.07) is 4.06. The van der Waals surface area contributed by atoms with Crippen LogP contribution in [-0.4, -0.2) is 49.8 Å². The molecule has 0 fully saturated rings. The van der Waals surface area contributed by atoms with Crippen LogP contribution in [0.1, 0.15) is 52.5 Å². The van der Waals surface area contributed by atoms with Gasteiger partial charge < -0.3 is 28.4 Å². The molecule has 0 aliphatic heterocycles. The Balaban J connectivity index is 3.37. The van der Waals surface area contributed by atoms with Crippen LogP contribution < -0.4 is 15.2 Å². The zero-order valence-corrected chi connectivity index (χ0v) is 18.8. The molecule has 0 aliphatic carbocycles. The van der Waals surface area contributed by atoms with Crippen molar-refractivity contribution in [2.24, 2.45) is 5.73 Å². The molecule has 2 atom stereocenters. The molecule has 0 bridgehead atoms. The minimum Gasteiger partial charge on any atom is -0.462 e. The van der Waals surface area contributed by atoms with Crippen molar-refractivity contribution in [2.75, 3.05) is 19.8 Å². The first-order chi connectivity index (χ1) is 15.1. The molecular formula is C21H29NO10. The average Bonchev–Trinajstić information content (AvgIpc) is 2.72. The van der Waals surface area contributed by atoms with E-state index >= 15 is 0 Å². The van der Waals surface area contributed by atoms with Gasteiger partial charge >= 0.3 is 24.2 Å². The number of benzene rings is 1. The van der Waals surface area contributed by atoms with Crippen molar-refractivity contribution >= 4 is 24.2 Å². The second kappa shape index (κ2) is 12.5. The molecule has 1 rings (SSSR count). The Labute approximate surface area is 186 Å². The predicted molar refractivity (Wildman–Crippen MR) is 110 cm³/mol. The summed E-state index contributed by atoms with van der Waals surface area (Å²) in [5.74, 6) is -3.03. The highest BCUT2D eigenvalue weighted by atomic mass is 16.7. The van der Waals surface area contributed by atoms with Gasteiger partial charge in [0.2, 0.25) is 0 Å². The highest BCUT2D eigenvalue weighted by Crippen LogP contribution is 2.36. The van der Waals surface area contributed by atoms with Crippen LogP contribution in [0.5, 0.6) is 11.5 Å². The van der Waals surface area contributed by atoms with Gasteiger partial charge in [-0.2, -0.15) is 0 Å². The molecule has 0 heterocycles. The fourth-order valence-corrected chi connectivity index (χ4v) is 2.53. The van der Waals surface area contributed by atoms with E-state index in [4.69, 9.17) is 34.2 Å². The summed E-state index contributed by atoms with van der Waals surface area (Å²) in [5.41, 5.74) is 4.32. The molecule has 178 valence electrons. The van der Waals surface area contributed by atoms with E-state index in [-0.39, 0.29) is 31.3 Å². The van der Waals surface area contributed by atoms with Crippen molar-refractivity contribution in [3.8, 4) is 11.5 Å². The zero-order chi connectivity index (χ0) is 24.3. The maximum absolute atomic E-state index is 12.6. The summed E-state index contributed by atoms with van der Waals surface area (Å²) >= 11 is 0. The van der Waals surface area contributed by atoms with E-state index in [0.717, 1.165) is 6.92 Å². The summed E-state index contributed by atoms with van der Waals surface area (Å²) in [6.45, 7) is 7.79. The van der Waals surface area contributed by atoms with Crippen LogP contribution in [0.4, 0.5) is 9.59 Å². The summed E-state index contributed by atoms with van der Waals surface area (Å²) in [7, 11) is 0. The lowest BCUT2D eigenvalue weighted by atomic mass is 9.90. The van der Waals surface area contributed by atoms with Crippen molar-refractivity contribution < 1.29 is 47.6 Å². The van der Waals surface area contributed by atoms with Crippen LogP contribution in [0.2, 0.25) is 0 Å². The molecule has 0 radical (unpaired) electrons. The third-order valence-corrected chi connectivity index (χ3v) is 4.09. The van der Waals surface area contributed by atoms with Crippen LogP contribution in [-0.2, 0) is 28.5 Å². The van der Waals surface area contributed by atoms with Gasteiger partial charge in [0.15, 0.2) is 11.5 Å². The van der Waals surface area contributed by atoms with Gasteiger partial charge in [-0.25, -0.2) is 14.4 Å². The average molecular weight is 455 g/mol. The lowest BCUT2D eigenvalue weighted by molar-refractivity contribution is -0.183. The van der Waals surface area contributed by atoms with Gasteiger partial charge in [0.25, 0.3) is 5.72 Å². The van der Waals surface area contributed by atoms with E-state index in [0.29, 0.717) is 12.0 Å². The van der Waals surface area contributed by atoms with Gasteiger partial charge in [0.05, 0.1) is 19.8 Å². The second-order valence-electron chi connectivity index (χ2n) is 6.52. The van der Waals surface area contributed by atoms with Crippen molar-refractivity contribution in [1.82, 2.24) is 0 Å². The Hall–Kier alpha value is -3.34. The van der Waals surface area contributed by atoms with Crippen LogP contribution in [0.15, 0.2) is 18.2 Å². The summed E-state index contributed by atoms with van der Waals surface area (Å²) in [5, 5.41) is 0. The highest BCUT2D eigenvalue weighted by molar-refractivity contribution is 5.83. The molecule has 0 spiro atoms. The number of carbonyl (C=O) groups is 4. The maximum atomic E-state index is 12.6. The topological polar surface area (TPSA) is 150 Å². The van der Waals surface area contributed by atoms with Gasteiger partial charge in [0, 0.05) is 12.8 Å². The number of carbonyl (C=O) groups excluding carboxylic acids is 4. The fraction of sp³-hybridized carbons (Fsp3) is 0.524. The van der Waals surface area contributed by atoms with Crippen LogP contribution in [0.3, 0.4) is 0 Å². The minimum absolute atomic E-state index is 0.0463.